The van der Waals surface area contributed by atoms with Crippen LogP contribution in [-0.2, 0) is 17.1 Å². The van der Waals surface area contributed by atoms with Gasteiger partial charge in [-0.1, -0.05) is 18.2 Å². The molecule has 0 N–H and O–H groups in total. The molecule has 1 aliphatic heterocycles. The summed E-state index contributed by atoms with van der Waals surface area (Å²) in [6, 6.07) is 12.7. The third-order valence-corrected chi connectivity index (χ3v) is 7.31. The van der Waals surface area contributed by atoms with E-state index in [4.69, 9.17) is 0 Å². The van der Waals surface area contributed by atoms with Crippen molar-refractivity contribution in [3.05, 3.63) is 70.4 Å². The number of hydrogen-bond acceptors (Lipinski definition) is 5. The number of nitro benzene ring substituents is 1. The van der Waals surface area contributed by atoms with Gasteiger partial charge in [-0.2, -0.15) is 4.31 Å². The number of nitro groups is 1. The van der Waals surface area contributed by atoms with Gasteiger partial charge in [0.05, 0.1) is 4.92 Å². The van der Waals surface area contributed by atoms with Gasteiger partial charge in [-0.3, -0.25) is 14.9 Å². The Balaban J connectivity index is 1.54. The van der Waals surface area contributed by atoms with E-state index in [1.54, 1.807) is 11.0 Å². The van der Waals surface area contributed by atoms with Crippen molar-refractivity contribution in [1.82, 2.24) is 13.8 Å². The van der Waals surface area contributed by atoms with Crippen molar-refractivity contribution in [2.24, 2.45) is 7.05 Å². The molecule has 2 aromatic carbocycles. The average Bonchev–Trinajstić information content (AvgIpc) is 3.14. The number of carbonyl (C=O) groups excluding carboxylic acids is 1. The Labute approximate surface area is 173 Å². The first-order valence-electron chi connectivity index (χ1n) is 9.37. The highest BCUT2D eigenvalue weighted by molar-refractivity contribution is 7.89. The molecule has 0 aliphatic carbocycles. The number of benzene rings is 2. The van der Waals surface area contributed by atoms with Crippen LogP contribution in [-0.4, -0.2) is 59.2 Å². The molecule has 1 fully saturated rings. The molecule has 2 heterocycles. The highest BCUT2D eigenvalue weighted by Crippen LogP contribution is 2.27. The molecule has 0 spiro atoms. The minimum Gasteiger partial charge on any atom is -0.351 e. The van der Waals surface area contributed by atoms with E-state index in [-0.39, 0.29) is 37.0 Å². The van der Waals surface area contributed by atoms with Gasteiger partial charge >= 0.3 is 0 Å². The Kier molecular flexibility index (Phi) is 5.04. The number of aromatic nitrogens is 1. The molecule has 1 amide bonds. The van der Waals surface area contributed by atoms with E-state index >= 15 is 0 Å². The summed E-state index contributed by atoms with van der Waals surface area (Å²) in [4.78, 5) is 24.9. The summed E-state index contributed by atoms with van der Waals surface area (Å²) in [5.41, 5.74) is 1.06. The number of fused-ring (bicyclic) bond motifs is 1. The van der Waals surface area contributed by atoms with Crippen LogP contribution in [0.5, 0.6) is 0 Å². The Hall–Kier alpha value is -3.24. The molecule has 1 saturated heterocycles. The first-order valence-corrected chi connectivity index (χ1v) is 10.8. The fraction of sp³-hybridized carbons (Fsp3) is 0.250. The van der Waals surface area contributed by atoms with E-state index in [2.05, 4.69) is 0 Å². The van der Waals surface area contributed by atoms with Crippen molar-refractivity contribution in [2.45, 2.75) is 4.90 Å². The molecule has 3 aromatic rings. The van der Waals surface area contributed by atoms with E-state index in [9.17, 15) is 23.3 Å². The molecule has 1 aromatic heterocycles. The number of carbonyl (C=O) groups is 1. The molecule has 4 rings (SSSR count). The molecular formula is C20H20N4O5S. The van der Waals surface area contributed by atoms with Crippen LogP contribution in [0, 0.1) is 10.1 Å². The zero-order valence-corrected chi connectivity index (χ0v) is 17.1. The minimum atomic E-state index is -4.03. The third kappa shape index (κ3) is 3.33. The maximum absolute atomic E-state index is 13.1. The van der Waals surface area contributed by atoms with Crippen LogP contribution in [0.25, 0.3) is 10.9 Å². The van der Waals surface area contributed by atoms with Crippen LogP contribution in [0.3, 0.4) is 0 Å². The maximum Gasteiger partial charge on any atom is 0.289 e. The van der Waals surface area contributed by atoms with E-state index in [1.807, 2.05) is 36.0 Å². The topological polar surface area (TPSA) is 106 Å². The number of rotatable bonds is 4. The number of sulfonamides is 1. The predicted molar refractivity (Wildman–Crippen MR) is 111 cm³/mol. The van der Waals surface area contributed by atoms with Gasteiger partial charge in [0.25, 0.3) is 11.6 Å². The molecular weight excluding hydrogens is 408 g/mol. The molecule has 30 heavy (non-hydrogen) atoms. The standard InChI is InChI=1S/C20H20N4O5S/c1-21-10-9-15-16(5-4-7-17(15)21)20(25)22-11-13-23(14-12-22)30(28,29)19-8-3-2-6-18(19)24(26)27/h2-10H,11-14H2,1H3. The Morgan fingerprint density at radius 3 is 2.40 bits per heavy atom. The molecule has 0 atom stereocenters. The summed E-state index contributed by atoms with van der Waals surface area (Å²) in [6.45, 7) is 0.569. The van der Waals surface area contributed by atoms with E-state index in [1.165, 1.54) is 28.6 Å². The summed E-state index contributed by atoms with van der Waals surface area (Å²) in [5, 5.41) is 12.1. The second kappa shape index (κ2) is 7.54. The molecule has 9 nitrogen and oxygen atoms in total. The SMILES string of the molecule is Cn1ccc2c(C(=O)N3CCN(S(=O)(=O)c4ccccc4[N+](=O)[O-])CC3)cccc21. The lowest BCUT2D eigenvalue weighted by molar-refractivity contribution is -0.387. The maximum atomic E-state index is 13.1. The van der Waals surface area contributed by atoms with Gasteiger partial charge in [0.1, 0.15) is 0 Å². The first-order chi connectivity index (χ1) is 14.3. The number of nitrogens with zero attached hydrogens (tertiary/aromatic N) is 4. The fourth-order valence-electron chi connectivity index (χ4n) is 3.76. The summed E-state index contributed by atoms with van der Waals surface area (Å²) in [7, 11) is -2.13. The fourth-order valence-corrected chi connectivity index (χ4v) is 5.34. The Morgan fingerprint density at radius 1 is 1.00 bits per heavy atom. The number of piperazine rings is 1. The summed E-state index contributed by atoms with van der Waals surface area (Å²) in [6.07, 6.45) is 1.89. The molecule has 10 heteroatoms. The second-order valence-electron chi connectivity index (χ2n) is 7.09. The zero-order valence-electron chi connectivity index (χ0n) is 16.3. The van der Waals surface area contributed by atoms with Crippen LogP contribution in [0.15, 0.2) is 59.6 Å². The first kappa shape index (κ1) is 20.0. The van der Waals surface area contributed by atoms with Gasteiger partial charge in [-0.15, -0.1) is 0 Å². The molecule has 1 aliphatic rings. The average molecular weight is 428 g/mol. The smallest absolute Gasteiger partial charge is 0.289 e. The van der Waals surface area contributed by atoms with Gasteiger partial charge in [-0.05, 0) is 24.3 Å². The molecule has 0 saturated carbocycles. The van der Waals surface area contributed by atoms with Crippen LogP contribution >= 0.6 is 0 Å². The Bertz CT molecular complexity index is 1240. The highest BCUT2D eigenvalue weighted by Gasteiger charge is 2.34. The van der Waals surface area contributed by atoms with Crippen LogP contribution in [0.2, 0.25) is 0 Å². The predicted octanol–water partition coefficient (Wildman–Crippen LogP) is 2.23. The van der Waals surface area contributed by atoms with Gasteiger partial charge < -0.3 is 9.47 Å². The summed E-state index contributed by atoms with van der Waals surface area (Å²) in [5.74, 6) is -0.158. The summed E-state index contributed by atoms with van der Waals surface area (Å²) >= 11 is 0. The number of amides is 1. The van der Waals surface area contributed by atoms with Gasteiger partial charge in [0, 0.05) is 62.0 Å². The van der Waals surface area contributed by atoms with Crippen molar-refractivity contribution >= 4 is 32.5 Å². The quantitative estimate of drug-likeness (QED) is 0.468. The van der Waals surface area contributed by atoms with Crippen LogP contribution < -0.4 is 0 Å². The monoisotopic (exact) mass is 428 g/mol. The summed E-state index contributed by atoms with van der Waals surface area (Å²) < 4.78 is 29.0. The van der Waals surface area contributed by atoms with Crippen molar-refractivity contribution in [1.29, 1.82) is 0 Å². The lowest BCUT2D eigenvalue weighted by Crippen LogP contribution is -2.50. The van der Waals surface area contributed by atoms with Crippen LogP contribution in [0.1, 0.15) is 10.4 Å². The largest absolute Gasteiger partial charge is 0.351 e. The Morgan fingerprint density at radius 2 is 1.70 bits per heavy atom. The van der Waals surface area contributed by atoms with E-state index in [0.29, 0.717) is 5.56 Å². The van der Waals surface area contributed by atoms with Gasteiger partial charge in [-0.25, -0.2) is 8.42 Å². The molecule has 0 bridgehead atoms. The third-order valence-electron chi connectivity index (χ3n) is 5.36. The van der Waals surface area contributed by atoms with E-state index < -0.39 is 20.6 Å². The van der Waals surface area contributed by atoms with Gasteiger partial charge in [0.15, 0.2) is 4.90 Å². The lowest BCUT2D eigenvalue weighted by atomic mass is 10.1. The normalized spacial score (nSPS) is 15.4. The number of aryl methyl sites for hydroxylation is 1. The molecule has 156 valence electrons. The minimum absolute atomic E-state index is 0.0743. The van der Waals surface area contributed by atoms with Gasteiger partial charge in [0.2, 0.25) is 10.0 Å². The molecule has 0 unspecified atom stereocenters. The van der Waals surface area contributed by atoms with Crippen molar-refractivity contribution in [3.8, 4) is 0 Å². The van der Waals surface area contributed by atoms with Crippen molar-refractivity contribution < 1.29 is 18.1 Å². The van der Waals surface area contributed by atoms with E-state index in [0.717, 1.165) is 10.9 Å². The second-order valence-corrected chi connectivity index (χ2v) is 8.99. The molecule has 0 radical (unpaired) electrons. The zero-order chi connectivity index (χ0) is 21.5. The number of para-hydroxylation sites is 1. The van der Waals surface area contributed by atoms with Crippen LogP contribution in [0.4, 0.5) is 5.69 Å². The highest BCUT2D eigenvalue weighted by atomic mass is 32.2. The number of hydrogen-bond donors (Lipinski definition) is 0. The van der Waals surface area contributed by atoms with Crippen molar-refractivity contribution in [3.63, 3.8) is 0 Å². The lowest BCUT2D eigenvalue weighted by Gasteiger charge is -2.34. The van der Waals surface area contributed by atoms with Crippen molar-refractivity contribution in [2.75, 3.05) is 26.2 Å².